The summed E-state index contributed by atoms with van der Waals surface area (Å²) in [5, 5.41) is 0. The number of rotatable bonds is 16. The maximum absolute atomic E-state index is 11.4. The van der Waals surface area contributed by atoms with Crippen LogP contribution >= 0.6 is 0 Å². The van der Waals surface area contributed by atoms with Gasteiger partial charge in [0.25, 0.3) is 0 Å². The molecule has 2 rings (SSSR count). The molecule has 2 fully saturated rings. The van der Waals surface area contributed by atoms with Gasteiger partial charge in [-0.15, -0.1) is 0 Å². The van der Waals surface area contributed by atoms with E-state index in [1.807, 2.05) is 0 Å². The summed E-state index contributed by atoms with van der Waals surface area (Å²) in [6, 6.07) is 0. The van der Waals surface area contributed by atoms with Crippen LogP contribution in [0, 0.1) is 11.8 Å². The molecule has 0 aromatic rings. The molecule has 2 aliphatic rings. The minimum Gasteiger partial charge on any atom is -0.469 e. The summed E-state index contributed by atoms with van der Waals surface area (Å²) in [5.41, 5.74) is 0. The van der Waals surface area contributed by atoms with Crippen molar-refractivity contribution >= 4 is 22.6 Å². The predicted octanol–water partition coefficient (Wildman–Crippen LogP) is 7.31. The number of carbonyl (C=O) groups excluding carboxylic acids is 1. The molecule has 7 heteroatoms. The Bertz CT molecular complexity index is 601. The first kappa shape index (κ1) is 30.0. The first-order valence-corrected chi connectivity index (χ1v) is 20.8. The summed E-state index contributed by atoms with van der Waals surface area (Å²) in [6.45, 7) is 16.2. The molecular weight excluding hydrogens is 460 g/mol. The Hall–Kier alpha value is -0.216. The topological polar surface area (TPSA) is 54.0 Å². The van der Waals surface area contributed by atoms with E-state index in [1.165, 1.54) is 39.2 Å². The fraction of sp³-hybridized carbons (Fsp3) is 0.963. The van der Waals surface area contributed by atoms with Crippen LogP contribution in [0.4, 0.5) is 0 Å². The third-order valence-corrected chi connectivity index (χ3v) is 9.28. The third-order valence-electron chi connectivity index (χ3n) is 7.23. The zero-order valence-corrected chi connectivity index (χ0v) is 25.5. The summed E-state index contributed by atoms with van der Waals surface area (Å²) in [5.74, 6) is 1.08. The fourth-order valence-electron chi connectivity index (χ4n) is 5.90. The average molecular weight is 515 g/mol. The van der Waals surface area contributed by atoms with E-state index in [0.29, 0.717) is 42.7 Å². The van der Waals surface area contributed by atoms with Gasteiger partial charge in [0.15, 0.2) is 16.6 Å². The Morgan fingerprint density at radius 2 is 1.68 bits per heavy atom. The van der Waals surface area contributed by atoms with Gasteiger partial charge in [0.2, 0.25) is 0 Å². The van der Waals surface area contributed by atoms with E-state index in [0.717, 1.165) is 38.5 Å². The second kappa shape index (κ2) is 13.9. The number of unbranched alkanes of at least 4 members (excludes halogenated alkanes) is 3. The van der Waals surface area contributed by atoms with Crippen molar-refractivity contribution in [3.05, 3.63) is 0 Å². The summed E-state index contributed by atoms with van der Waals surface area (Å²) in [6.07, 6.45) is 14.4. The number of hydrogen-bond acceptors (Lipinski definition) is 5. The molecule has 5 nitrogen and oxygen atoms in total. The maximum Gasteiger partial charge on any atom is 0.305 e. The van der Waals surface area contributed by atoms with Gasteiger partial charge in [0.05, 0.1) is 25.4 Å². The van der Waals surface area contributed by atoms with Crippen LogP contribution in [0.3, 0.4) is 0 Å². The van der Waals surface area contributed by atoms with Crippen molar-refractivity contribution in [3.8, 4) is 0 Å². The van der Waals surface area contributed by atoms with Crippen molar-refractivity contribution in [3.63, 3.8) is 0 Å². The molecule has 0 bridgehead atoms. The number of ether oxygens (including phenoxy) is 2. The Morgan fingerprint density at radius 1 is 0.941 bits per heavy atom. The zero-order valence-electron chi connectivity index (χ0n) is 23.5. The molecule has 0 spiro atoms. The average Bonchev–Trinajstić information content (AvgIpc) is 3.24. The standard InChI is InChI=1S/C27H54O5Si2/c1-9-10-11-14-21(31-33(3,4)5)17-18-23-24-19-22(15-12-13-16-27(28)29-2)30-25(24)20-26(23)32-34(6,7)8/h21-26H,9-20H2,1-8H3/t21?,22?,23-,24-,25+,26?/m1/s1. The Kier molecular flexibility index (Phi) is 12.3. The van der Waals surface area contributed by atoms with Gasteiger partial charge in [0.1, 0.15) is 0 Å². The molecule has 0 N–H and O–H groups in total. The van der Waals surface area contributed by atoms with Crippen LogP contribution in [0.25, 0.3) is 0 Å². The van der Waals surface area contributed by atoms with Gasteiger partial charge in [-0.2, -0.15) is 0 Å². The lowest BCUT2D eigenvalue weighted by Gasteiger charge is -2.32. The summed E-state index contributed by atoms with van der Waals surface area (Å²) in [7, 11) is -1.71. The highest BCUT2D eigenvalue weighted by molar-refractivity contribution is 6.70. The highest BCUT2D eigenvalue weighted by Gasteiger charge is 2.50. The van der Waals surface area contributed by atoms with Crippen LogP contribution in [0.1, 0.15) is 84.0 Å². The summed E-state index contributed by atoms with van der Waals surface area (Å²) < 4.78 is 24.7. The van der Waals surface area contributed by atoms with Gasteiger partial charge in [-0.3, -0.25) is 4.79 Å². The van der Waals surface area contributed by atoms with Gasteiger partial charge in [-0.05, 0) is 96.1 Å². The molecule has 200 valence electrons. The highest BCUT2D eigenvalue weighted by atomic mass is 28.4. The number of carbonyl (C=O) groups is 1. The SMILES string of the molecule is CCCCCC(CC[C@H]1C(O[Si](C)(C)C)C[C@@H]2OC(CCCCC(=O)OC)C[C@@H]21)O[Si](C)(C)C. The maximum atomic E-state index is 11.4. The van der Waals surface area contributed by atoms with Crippen LogP contribution in [0.15, 0.2) is 0 Å². The Balaban J connectivity index is 1.96. The molecule has 1 saturated heterocycles. The lowest BCUT2D eigenvalue weighted by Crippen LogP contribution is -2.36. The van der Waals surface area contributed by atoms with Gasteiger partial charge in [-0.1, -0.05) is 32.6 Å². The quantitative estimate of drug-likeness (QED) is 0.123. The third kappa shape index (κ3) is 10.8. The van der Waals surface area contributed by atoms with E-state index in [9.17, 15) is 4.79 Å². The molecule has 1 saturated carbocycles. The molecule has 0 aromatic heterocycles. The van der Waals surface area contributed by atoms with E-state index in [2.05, 4.69) is 46.2 Å². The largest absolute Gasteiger partial charge is 0.469 e. The van der Waals surface area contributed by atoms with Gasteiger partial charge >= 0.3 is 5.97 Å². The fourth-order valence-corrected chi connectivity index (χ4v) is 8.32. The molecule has 1 aliphatic heterocycles. The van der Waals surface area contributed by atoms with E-state index < -0.39 is 16.6 Å². The van der Waals surface area contributed by atoms with E-state index in [-0.39, 0.29) is 5.97 Å². The van der Waals surface area contributed by atoms with Crippen LogP contribution in [-0.2, 0) is 23.1 Å². The molecule has 1 aliphatic carbocycles. The predicted molar refractivity (Wildman–Crippen MR) is 145 cm³/mol. The molecule has 0 amide bonds. The monoisotopic (exact) mass is 514 g/mol. The van der Waals surface area contributed by atoms with E-state index >= 15 is 0 Å². The smallest absolute Gasteiger partial charge is 0.305 e. The highest BCUT2D eigenvalue weighted by Crippen LogP contribution is 2.48. The van der Waals surface area contributed by atoms with Crippen molar-refractivity contribution in [1.82, 2.24) is 0 Å². The van der Waals surface area contributed by atoms with Gasteiger partial charge < -0.3 is 18.3 Å². The van der Waals surface area contributed by atoms with E-state index in [1.54, 1.807) is 0 Å². The van der Waals surface area contributed by atoms with Crippen LogP contribution < -0.4 is 0 Å². The molecule has 6 atom stereocenters. The number of esters is 1. The lowest BCUT2D eigenvalue weighted by atomic mass is 9.85. The van der Waals surface area contributed by atoms with Gasteiger partial charge in [-0.25, -0.2) is 0 Å². The Labute approximate surface area is 212 Å². The van der Waals surface area contributed by atoms with Crippen LogP contribution in [0.2, 0.25) is 39.3 Å². The van der Waals surface area contributed by atoms with Crippen molar-refractivity contribution in [2.24, 2.45) is 11.8 Å². The number of fused-ring (bicyclic) bond motifs is 1. The van der Waals surface area contributed by atoms with Crippen LogP contribution in [-0.4, -0.2) is 54.1 Å². The minimum absolute atomic E-state index is 0.107. The summed E-state index contributed by atoms with van der Waals surface area (Å²) >= 11 is 0. The molecule has 34 heavy (non-hydrogen) atoms. The normalized spacial score (nSPS) is 28.2. The van der Waals surface area contributed by atoms with E-state index in [4.69, 9.17) is 18.3 Å². The van der Waals surface area contributed by atoms with Crippen LogP contribution in [0.5, 0.6) is 0 Å². The molecule has 0 radical (unpaired) electrons. The second-order valence-electron chi connectivity index (χ2n) is 12.6. The molecule has 1 heterocycles. The van der Waals surface area contributed by atoms with Gasteiger partial charge in [0, 0.05) is 12.5 Å². The minimum atomic E-state index is -1.61. The van der Waals surface area contributed by atoms with Crippen molar-refractivity contribution < 1.29 is 23.1 Å². The second-order valence-corrected chi connectivity index (χ2v) is 21.5. The zero-order chi connectivity index (χ0) is 25.4. The van der Waals surface area contributed by atoms with Crippen molar-refractivity contribution in [1.29, 1.82) is 0 Å². The summed E-state index contributed by atoms with van der Waals surface area (Å²) in [4.78, 5) is 11.4. The van der Waals surface area contributed by atoms with Crippen molar-refractivity contribution in [2.75, 3.05) is 7.11 Å². The first-order chi connectivity index (χ1) is 15.9. The molecular formula is C27H54O5Si2. The lowest BCUT2D eigenvalue weighted by molar-refractivity contribution is -0.140. The Morgan fingerprint density at radius 3 is 2.29 bits per heavy atom. The van der Waals surface area contributed by atoms with Crippen molar-refractivity contribution in [2.45, 2.75) is 148 Å². The number of methoxy groups -OCH3 is 1. The first-order valence-electron chi connectivity index (χ1n) is 14.0. The molecule has 3 unspecified atom stereocenters. The number of hydrogen-bond donors (Lipinski definition) is 0. The molecule has 0 aromatic carbocycles.